The van der Waals surface area contributed by atoms with Crippen molar-refractivity contribution in [2.75, 3.05) is 0 Å². The van der Waals surface area contributed by atoms with E-state index in [1.165, 1.54) is 0 Å². The number of hydrogen-bond donors (Lipinski definition) is 1. The zero-order chi connectivity index (χ0) is 11.5. The molecule has 0 aliphatic carbocycles. The summed E-state index contributed by atoms with van der Waals surface area (Å²) in [5.41, 5.74) is 7.51. The Labute approximate surface area is 99.6 Å². The van der Waals surface area contributed by atoms with Gasteiger partial charge in [-0.3, -0.25) is 0 Å². The van der Waals surface area contributed by atoms with Crippen LogP contribution in [0.4, 0.5) is 0 Å². The van der Waals surface area contributed by atoms with Gasteiger partial charge in [-0.05, 0) is 18.6 Å². The second kappa shape index (κ2) is 4.85. The van der Waals surface area contributed by atoms with Crippen molar-refractivity contribution in [3.8, 4) is 0 Å². The van der Waals surface area contributed by atoms with Crippen LogP contribution in [0.2, 0.25) is 5.02 Å². The zero-order valence-corrected chi connectivity index (χ0v) is 10.00. The van der Waals surface area contributed by atoms with Gasteiger partial charge in [-0.1, -0.05) is 24.9 Å². The van der Waals surface area contributed by atoms with Crippen LogP contribution in [0, 0.1) is 0 Å². The first-order valence-corrected chi connectivity index (χ1v) is 5.87. The molecule has 86 valence electrons. The summed E-state index contributed by atoms with van der Waals surface area (Å²) in [7, 11) is 0. The van der Waals surface area contributed by atoms with Crippen molar-refractivity contribution in [1.82, 2.24) is 4.98 Å². The van der Waals surface area contributed by atoms with Crippen molar-refractivity contribution in [3.05, 3.63) is 29.1 Å². The number of rotatable bonds is 4. The summed E-state index contributed by atoms with van der Waals surface area (Å²) in [6.07, 6.45) is 2.74. The molecule has 2 rings (SSSR count). The molecule has 16 heavy (non-hydrogen) atoms. The van der Waals surface area contributed by atoms with Gasteiger partial charge < -0.3 is 10.2 Å². The predicted molar refractivity (Wildman–Crippen MR) is 65.6 cm³/mol. The molecule has 1 aromatic carbocycles. The summed E-state index contributed by atoms with van der Waals surface area (Å²) in [5.74, 6) is 0.693. The number of benzene rings is 1. The number of nitrogens with zero attached hydrogens (tertiary/aromatic N) is 1. The van der Waals surface area contributed by atoms with E-state index in [2.05, 4.69) is 11.9 Å². The van der Waals surface area contributed by atoms with E-state index in [-0.39, 0.29) is 6.04 Å². The first-order valence-electron chi connectivity index (χ1n) is 5.49. The van der Waals surface area contributed by atoms with Crippen LogP contribution in [-0.4, -0.2) is 11.0 Å². The highest BCUT2D eigenvalue weighted by Crippen LogP contribution is 2.20. The van der Waals surface area contributed by atoms with Gasteiger partial charge >= 0.3 is 0 Å². The van der Waals surface area contributed by atoms with Crippen molar-refractivity contribution in [2.24, 2.45) is 5.73 Å². The molecule has 0 aliphatic heterocycles. The van der Waals surface area contributed by atoms with Crippen LogP contribution in [0.1, 0.15) is 25.7 Å². The Morgan fingerprint density at radius 2 is 2.31 bits per heavy atom. The highest BCUT2D eigenvalue weighted by atomic mass is 35.5. The largest absolute Gasteiger partial charge is 0.441 e. The molecule has 1 aromatic heterocycles. The monoisotopic (exact) mass is 238 g/mol. The molecule has 1 heterocycles. The smallest absolute Gasteiger partial charge is 0.197 e. The minimum Gasteiger partial charge on any atom is -0.441 e. The Morgan fingerprint density at radius 1 is 1.50 bits per heavy atom. The van der Waals surface area contributed by atoms with Crippen LogP contribution < -0.4 is 5.73 Å². The Bertz CT molecular complexity index is 481. The second-order valence-corrected chi connectivity index (χ2v) is 4.41. The van der Waals surface area contributed by atoms with Gasteiger partial charge in [0.2, 0.25) is 0 Å². The number of nitrogens with two attached hydrogens (primary N) is 1. The summed E-state index contributed by atoms with van der Waals surface area (Å²) >= 11 is 5.87. The van der Waals surface area contributed by atoms with Gasteiger partial charge in [-0.2, -0.15) is 0 Å². The molecule has 0 spiro atoms. The summed E-state index contributed by atoms with van der Waals surface area (Å²) < 4.78 is 5.59. The van der Waals surface area contributed by atoms with Crippen molar-refractivity contribution in [2.45, 2.75) is 32.2 Å². The predicted octanol–water partition coefficient (Wildman–Crippen LogP) is 3.15. The molecule has 0 fully saturated rings. The third-order valence-electron chi connectivity index (χ3n) is 2.49. The van der Waals surface area contributed by atoms with E-state index in [1.54, 1.807) is 6.07 Å². The lowest BCUT2D eigenvalue weighted by molar-refractivity contribution is 0.481. The molecule has 0 bridgehead atoms. The molecule has 0 radical (unpaired) electrons. The van der Waals surface area contributed by atoms with Gasteiger partial charge in [-0.15, -0.1) is 0 Å². The fraction of sp³-hybridized carbons (Fsp3) is 0.417. The standard InChI is InChI=1S/C12H15ClN2O/c1-2-3-9(14)7-12-15-10-5-4-8(13)6-11(10)16-12/h4-6,9H,2-3,7,14H2,1H3. The Hall–Kier alpha value is -1.06. The maximum atomic E-state index is 5.94. The summed E-state index contributed by atoms with van der Waals surface area (Å²) in [4.78, 5) is 4.37. The molecular weight excluding hydrogens is 224 g/mol. The number of aromatic nitrogens is 1. The van der Waals surface area contributed by atoms with E-state index in [0.717, 1.165) is 23.9 Å². The Morgan fingerprint density at radius 3 is 3.06 bits per heavy atom. The van der Waals surface area contributed by atoms with E-state index in [9.17, 15) is 0 Å². The van der Waals surface area contributed by atoms with Crippen LogP contribution in [0.3, 0.4) is 0 Å². The van der Waals surface area contributed by atoms with Crippen LogP contribution in [-0.2, 0) is 6.42 Å². The molecule has 4 heteroatoms. The molecule has 0 saturated heterocycles. The third kappa shape index (κ3) is 2.54. The van der Waals surface area contributed by atoms with Gasteiger partial charge in [0.05, 0.1) is 0 Å². The molecule has 0 amide bonds. The lowest BCUT2D eigenvalue weighted by Crippen LogP contribution is -2.22. The van der Waals surface area contributed by atoms with E-state index in [4.69, 9.17) is 21.8 Å². The third-order valence-corrected chi connectivity index (χ3v) is 2.73. The average molecular weight is 239 g/mol. The lowest BCUT2D eigenvalue weighted by Gasteiger charge is -2.05. The molecule has 1 atom stereocenters. The fourth-order valence-corrected chi connectivity index (χ4v) is 1.89. The first kappa shape index (κ1) is 11.4. The molecule has 3 nitrogen and oxygen atoms in total. The van der Waals surface area contributed by atoms with Crippen LogP contribution in [0.5, 0.6) is 0 Å². The van der Waals surface area contributed by atoms with Crippen LogP contribution in [0.25, 0.3) is 11.1 Å². The average Bonchev–Trinajstić information content (AvgIpc) is 2.59. The first-order chi connectivity index (χ1) is 7.69. The normalized spacial score (nSPS) is 13.2. The molecular formula is C12H15ClN2O. The molecule has 1 unspecified atom stereocenters. The topological polar surface area (TPSA) is 52.0 Å². The zero-order valence-electron chi connectivity index (χ0n) is 9.24. The quantitative estimate of drug-likeness (QED) is 0.890. The van der Waals surface area contributed by atoms with Crippen molar-refractivity contribution in [3.63, 3.8) is 0 Å². The Kier molecular flexibility index (Phi) is 3.46. The fourth-order valence-electron chi connectivity index (χ4n) is 1.73. The molecule has 2 aromatic rings. The van der Waals surface area contributed by atoms with Gasteiger partial charge in [0, 0.05) is 23.6 Å². The van der Waals surface area contributed by atoms with Crippen molar-refractivity contribution >= 4 is 22.7 Å². The number of hydrogen-bond acceptors (Lipinski definition) is 3. The Balaban J connectivity index is 2.19. The molecule has 2 N–H and O–H groups in total. The minimum absolute atomic E-state index is 0.119. The highest BCUT2D eigenvalue weighted by Gasteiger charge is 2.10. The van der Waals surface area contributed by atoms with Crippen molar-refractivity contribution in [1.29, 1.82) is 0 Å². The summed E-state index contributed by atoms with van der Waals surface area (Å²) in [5, 5.41) is 0.660. The molecule has 0 saturated carbocycles. The number of oxazole rings is 1. The minimum atomic E-state index is 0.119. The van der Waals surface area contributed by atoms with E-state index in [0.29, 0.717) is 17.3 Å². The van der Waals surface area contributed by atoms with Crippen molar-refractivity contribution < 1.29 is 4.42 Å². The summed E-state index contributed by atoms with van der Waals surface area (Å²) in [6.45, 7) is 2.12. The number of halogens is 1. The number of fused-ring (bicyclic) bond motifs is 1. The van der Waals surface area contributed by atoms with Gasteiger partial charge in [0.1, 0.15) is 5.52 Å². The SMILES string of the molecule is CCCC(N)Cc1nc2ccc(Cl)cc2o1. The van der Waals surface area contributed by atoms with Gasteiger partial charge in [-0.25, -0.2) is 4.98 Å². The van der Waals surface area contributed by atoms with E-state index in [1.807, 2.05) is 12.1 Å². The van der Waals surface area contributed by atoms with E-state index >= 15 is 0 Å². The maximum Gasteiger partial charge on any atom is 0.197 e. The van der Waals surface area contributed by atoms with Crippen LogP contribution >= 0.6 is 11.6 Å². The van der Waals surface area contributed by atoms with E-state index < -0.39 is 0 Å². The highest BCUT2D eigenvalue weighted by molar-refractivity contribution is 6.31. The second-order valence-electron chi connectivity index (χ2n) is 3.97. The van der Waals surface area contributed by atoms with Gasteiger partial charge in [0.25, 0.3) is 0 Å². The van der Waals surface area contributed by atoms with Gasteiger partial charge in [0.15, 0.2) is 11.5 Å². The lowest BCUT2D eigenvalue weighted by atomic mass is 10.1. The maximum absolute atomic E-state index is 5.94. The van der Waals surface area contributed by atoms with Crippen LogP contribution in [0.15, 0.2) is 22.6 Å². The summed E-state index contributed by atoms with van der Waals surface area (Å²) in [6, 6.07) is 5.56. The molecule has 0 aliphatic rings.